The van der Waals surface area contributed by atoms with Crippen LogP contribution in [0.15, 0.2) is 35.2 Å². The molecule has 0 amide bonds. The highest BCUT2D eigenvalue weighted by atomic mass is 32.2. The number of halogens is 1. The molecule has 2 aliphatic carbocycles. The first-order valence-electron chi connectivity index (χ1n) is 7.16. The van der Waals surface area contributed by atoms with Gasteiger partial charge >= 0.3 is 0 Å². The van der Waals surface area contributed by atoms with Gasteiger partial charge < -0.3 is 5.32 Å². The Morgan fingerprint density at radius 3 is 3.16 bits per heavy atom. The Morgan fingerprint density at radius 2 is 2.26 bits per heavy atom. The SMILES string of the molecule is Fc1ccc2c(c1)C(NC1CC3CC=CC31)CCS2. The quantitative estimate of drug-likeness (QED) is 0.821. The molecule has 1 aromatic rings. The molecule has 1 fully saturated rings. The lowest BCUT2D eigenvalue weighted by atomic mass is 9.71. The molecule has 4 unspecified atom stereocenters. The fraction of sp³-hybridized carbons (Fsp3) is 0.500. The summed E-state index contributed by atoms with van der Waals surface area (Å²) in [6.07, 6.45) is 8.34. The third-order valence-corrected chi connectivity index (χ3v) is 5.91. The Labute approximate surface area is 117 Å². The molecule has 0 radical (unpaired) electrons. The number of hydrogen-bond acceptors (Lipinski definition) is 2. The fourth-order valence-electron chi connectivity index (χ4n) is 3.70. The first-order chi connectivity index (χ1) is 9.31. The average molecular weight is 275 g/mol. The minimum Gasteiger partial charge on any atom is -0.306 e. The molecular weight excluding hydrogens is 257 g/mol. The Kier molecular flexibility index (Phi) is 2.92. The molecule has 3 aliphatic rings. The van der Waals surface area contributed by atoms with E-state index in [-0.39, 0.29) is 5.82 Å². The highest BCUT2D eigenvalue weighted by Gasteiger charge is 2.42. The highest BCUT2D eigenvalue weighted by molar-refractivity contribution is 7.99. The minimum atomic E-state index is -0.111. The van der Waals surface area contributed by atoms with Gasteiger partial charge in [-0.05, 0) is 60.6 Å². The number of benzene rings is 1. The Balaban J connectivity index is 1.54. The summed E-state index contributed by atoms with van der Waals surface area (Å²) in [5.74, 6) is 2.63. The lowest BCUT2D eigenvalue weighted by Gasteiger charge is -2.43. The monoisotopic (exact) mass is 275 g/mol. The maximum Gasteiger partial charge on any atom is 0.123 e. The van der Waals surface area contributed by atoms with Gasteiger partial charge in [-0.1, -0.05) is 12.2 Å². The van der Waals surface area contributed by atoms with Gasteiger partial charge in [-0.2, -0.15) is 0 Å². The first kappa shape index (κ1) is 12.0. The van der Waals surface area contributed by atoms with Crippen molar-refractivity contribution in [1.29, 1.82) is 0 Å². The molecule has 19 heavy (non-hydrogen) atoms. The van der Waals surface area contributed by atoms with Crippen molar-refractivity contribution in [3.8, 4) is 0 Å². The van der Waals surface area contributed by atoms with Crippen LogP contribution in [0.3, 0.4) is 0 Å². The molecule has 1 saturated carbocycles. The Morgan fingerprint density at radius 1 is 1.32 bits per heavy atom. The van der Waals surface area contributed by atoms with Crippen LogP contribution < -0.4 is 5.32 Å². The van der Waals surface area contributed by atoms with Gasteiger partial charge in [0.2, 0.25) is 0 Å². The molecule has 0 spiro atoms. The zero-order valence-electron chi connectivity index (χ0n) is 10.8. The van der Waals surface area contributed by atoms with E-state index in [0.717, 1.165) is 24.0 Å². The van der Waals surface area contributed by atoms with Crippen LogP contribution in [-0.4, -0.2) is 11.8 Å². The zero-order chi connectivity index (χ0) is 12.8. The van der Waals surface area contributed by atoms with E-state index in [2.05, 4.69) is 17.5 Å². The molecular formula is C16H18FNS. The molecule has 100 valence electrons. The van der Waals surface area contributed by atoms with Crippen molar-refractivity contribution < 1.29 is 4.39 Å². The molecule has 4 atom stereocenters. The van der Waals surface area contributed by atoms with E-state index in [4.69, 9.17) is 0 Å². The van der Waals surface area contributed by atoms with Crippen LogP contribution in [0, 0.1) is 17.7 Å². The number of thioether (sulfide) groups is 1. The molecule has 4 rings (SSSR count). The maximum atomic E-state index is 13.5. The van der Waals surface area contributed by atoms with Crippen molar-refractivity contribution in [3.05, 3.63) is 41.7 Å². The van der Waals surface area contributed by atoms with Crippen LogP contribution in [-0.2, 0) is 0 Å². The van der Waals surface area contributed by atoms with Crippen LogP contribution in [0.2, 0.25) is 0 Å². The molecule has 0 bridgehead atoms. The molecule has 1 heterocycles. The molecule has 0 saturated heterocycles. The number of hydrogen-bond donors (Lipinski definition) is 1. The van der Waals surface area contributed by atoms with Gasteiger partial charge in [-0.15, -0.1) is 11.8 Å². The predicted molar refractivity (Wildman–Crippen MR) is 76.8 cm³/mol. The summed E-state index contributed by atoms with van der Waals surface area (Å²) in [5.41, 5.74) is 1.17. The van der Waals surface area contributed by atoms with Crippen molar-refractivity contribution in [2.45, 2.75) is 36.2 Å². The van der Waals surface area contributed by atoms with E-state index in [9.17, 15) is 4.39 Å². The number of rotatable bonds is 2. The van der Waals surface area contributed by atoms with Crippen molar-refractivity contribution in [1.82, 2.24) is 5.32 Å². The van der Waals surface area contributed by atoms with Gasteiger partial charge in [0.05, 0.1) is 0 Å². The summed E-state index contributed by atoms with van der Waals surface area (Å²) < 4.78 is 13.5. The maximum absolute atomic E-state index is 13.5. The van der Waals surface area contributed by atoms with E-state index >= 15 is 0 Å². The van der Waals surface area contributed by atoms with Crippen LogP contribution in [0.25, 0.3) is 0 Å². The normalized spacial score (nSPS) is 35.6. The van der Waals surface area contributed by atoms with Crippen molar-refractivity contribution in [2.75, 3.05) is 5.75 Å². The minimum absolute atomic E-state index is 0.111. The lowest BCUT2D eigenvalue weighted by molar-refractivity contribution is 0.148. The second-order valence-corrected chi connectivity index (χ2v) is 7.02. The van der Waals surface area contributed by atoms with E-state index in [0.29, 0.717) is 12.1 Å². The standard InChI is InChI=1S/C16H18FNS/c17-11-4-5-16-13(9-11)14(6-7-19-16)18-15-8-10-2-1-3-12(10)15/h1,3-5,9-10,12,14-15,18H,2,6-8H2. The summed E-state index contributed by atoms with van der Waals surface area (Å²) in [4.78, 5) is 1.25. The first-order valence-corrected chi connectivity index (χ1v) is 8.15. The van der Waals surface area contributed by atoms with Gasteiger partial charge in [0.1, 0.15) is 5.82 Å². The Hall–Kier alpha value is -0.800. The summed E-state index contributed by atoms with van der Waals surface area (Å²) in [6.45, 7) is 0. The largest absolute Gasteiger partial charge is 0.306 e. The summed E-state index contributed by atoms with van der Waals surface area (Å²) in [6, 6.07) is 6.18. The van der Waals surface area contributed by atoms with E-state index in [1.807, 2.05) is 17.8 Å². The average Bonchev–Trinajstić information content (AvgIpc) is 2.77. The summed E-state index contributed by atoms with van der Waals surface area (Å²) >= 11 is 1.85. The third-order valence-electron chi connectivity index (χ3n) is 4.79. The van der Waals surface area contributed by atoms with Gasteiger partial charge in [-0.3, -0.25) is 0 Å². The van der Waals surface area contributed by atoms with Crippen LogP contribution in [0.1, 0.15) is 30.9 Å². The molecule has 0 aromatic heterocycles. The van der Waals surface area contributed by atoms with Crippen molar-refractivity contribution in [3.63, 3.8) is 0 Å². The topological polar surface area (TPSA) is 12.0 Å². The van der Waals surface area contributed by atoms with Gasteiger partial charge in [0.15, 0.2) is 0 Å². The van der Waals surface area contributed by atoms with Crippen LogP contribution >= 0.6 is 11.8 Å². The smallest absolute Gasteiger partial charge is 0.123 e. The molecule has 3 heteroatoms. The second-order valence-electron chi connectivity index (χ2n) is 5.88. The van der Waals surface area contributed by atoms with Crippen LogP contribution in [0.5, 0.6) is 0 Å². The highest BCUT2D eigenvalue weighted by Crippen LogP contribution is 2.45. The molecule has 1 aromatic carbocycles. The third kappa shape index (κ3) is 2.03. The van der Waals surface area contributed by atoms with Gasteiger partial charge in [0, 0.05) is 17.0 Å². The lowest BCUT2D eigenvalue weighted by Crippen LogP contribution is -2.49. The number of fused-ring (bicyclic) bond motifs is 2. The number of nitrogens with one attached hydrogen (secondary N) is 1. The Bertz CT molecular complexity index is 527. The van der Waals surface area contributed by atoms with E-state index in [1.165, 1.54) is 23.3 Å². The van der Waals surface area contributed by atoms with Gasteiger partial charge in [-0.25, -0.2) is 4.39 Å². The van der Waals surface area contributed by atoms with Crippen molar-refractivity contribution >= 4 is 11.8 Å². The van der Waals surface area contributed by atoms with E-state index in [1.54, 1.807) is 12.1 Å². The van der Waals surface area contributed by atoms with Gasteiger partial charge in [0.25, 0.3) is 0 Å². The second kappa shape index (κ2) is 4.64. The fourth-order valence-corrected chi connectivity index (χ4v) is 4.81. The summed E-state index contributed by atoms with van der Waals surface area (Å²) in [7, 11) is 0. The van der Waals surface area contributed by atoms with Crippen LogP contribution in [0.4, 0.5) is 4.39 Å². The number of allylic oxidation sites excluding steroid dienone is 1. The predicted octanol–water partition coefficient (Wildman–Crippen LogP) is 3.92. The zero-order valence-corrected chi connectivity index (χ0v) is 11.6. The molecule has 1 nitrogen and oxygen atoms in total. The summed E-state index contributed by atoms with van der Waals surface area (Å²) in [5, 5.41) is 3.78. The molecule has 1 aliphatic heterocycles. The van der Waals surface area contributed by atoms with E-state index < -0.39 is 0 Å². The van der Waals surface area contributed by atoms with Crippen molar-refractivity contribution in [2.24, 2.45) is 11.8 Å². The molecule has 1 N–H and O–H groups in total.